The Bertz CT molecular complexity index is 690. The Morgan fingerprint density at radius 3 is 2.61 bits per heavy atom. The zero-order valence-electron chi connectivity index (χ0n) is 13.8. The Balaban J connectivity index is 0.00000192. The third-order valence-corrected chi connectivity index (χ3v) is 4.09. The molecule has 1 amide bonds. The zero-order chi connectivity index (χ0) is 15.7. The number of halogens is 1. The number of rotatable bonds is 3. The summed E-state index contributed by atoms with van der Waals surface area (Å²) in [6.45, 7) is 8.35. The van der Waals surface area contributed by atoms with E-state index in [9.17, 15) is 4.79 Å². The predicted octanol–water partition coefficient (Wildman–Crippen LogP) is 2.76. The van der Waals surface area contributed by atoms with Gasteiger partial charge in [0.05, 0.1) is 0 Å². The van der Waals surface area contributed by atoms with E-state index in [4.69, 9.17) is 0 Å². The van der Waals surface area contributed by atoms with Crippen LogP contribution in [0.1, 0.15) is 39.8 Å². The number of aromatic nitrogens is 2. The summed E-state index contributed by atoms with van der Waals surface area (Å²) in [6, 6.07) is 6.21. The molecule has 124 valence electrons. The number of anilines is 1. The fraction of sp³-hybridized carbons (Fsp3) is 0.412. The number of aromatic amines is 1. The van der Waals surface area contributed by atoms with Gasteiger partial charge in [-0.2, -0.15) is 5.10 Å². The summed E-state index contributed by atoms with van der Waals surface area (Å²) in [4.78, 5) is 14.7. The van der Waals surface area contributed by atoms with Gasteiger partial charge in [0.2, 0.25) is 0 Å². The van der Waals surface area contributed by atoms with Crippen LogP contribution < -0.4 is 10.2 Å². The van der Waals surface area contributed by atoms with Crippen molar-refractivity contribution in [3.05, 3.63) is 46.3 Å². The van der Waals surface area contributed by atoms with E-state index in [1.54, 1.807) is 4.90 Å². The number of hydrogen-bond acceptors (Lipinski definition) is 3. The molecular weight excluding hydrogens is 312 g/mol. The van der Waals surface area contributed by atoms with Crippen LogP contribution in [0, 0.1) is 13.8 Å². The van der Waals surface area contributed by atoms with Crippen LogP contribution in [0.5, 0.6) is 0 Å². The lowest BCUT2D eigenvalue weighted by Crippen LogP contribution is -2.33. The largest absolute Gasteiger partial charge is 0.312 e. The molecule has 0 unspecified atom stereocenters. The number of benzene rings is 1. The number of nitrogens with one attached hydrogen (secondary N) is 2. The Morgan fingerprint density at radius 1 is 1.26 bits per heavy atom. The summed E-state index contributed by atoms with van der Waals surface area (Å²) in [5.41, 5.74) is 5.89. The Kier molecular flexibility index (Phi) is 5.44. The molecule has 1 aliphatic heterocycles. The quantitative estimate of drug-likeness (QED) is 0.907. The molecule has 0 saturated heterocycles. The highest BCUT2D eigenvalue weighted by Crippen LogP contribution is 2.23. The topological polar surface area (TPSA) is 61.0 Å². The van der Waals surface area contributed by atoms with Gasteiger partial charge in [0.25, 0.3) is 5.91 Å². The molecule has 0 fully saturated rings. The lowest BCUT2D eigenvalue weighted by atomic mass is 10.1. The van der Waals surface area contributed by atoms with Crippen LogP contribution in [0.25, 0.3) is 0 Å². The zero-order valence-corrected chi connectivity index (χ0v) is 14.6. The van der Waals surface area contributed by atoms with Crippen molar-refractivity contribution in [1.29, 1.82) is 0 Å². The smallest absolute Gasteiger partial charge is 0.279 e. The van der Waals surface area contributed by atoms with Crippen molar-refractivity contribution < 1.29 is 4.79 Å². The fourth-order valence-corrected chi connectivity index (χ4v) is 3.08. The van der Waals surface area contributed by atoms with E-state index >= 15 is 0 Å². The predicted molar refractivity (Wildman–Crippen MR) is 94.5 cm³/mol. The molecule has 0 spiro atoms. The number of H-pyrrole nitrogens is 1. The molecule has 0 bridgehead atoms. The molecule has 2 heterocycles. The number of amides is 1. The van der Waals surface area contributed by atoms with Gasteiger partial charge in [-0.3, -0.25) is 9.89 Å². The molecule has 1 aliphatic rings. The van der Waals surface area contributed by atoms with Gasteiger partial charge in [-0.05, 0) is 44.0 Å². The summed E-state index contributed by atoms with van der Waals surface area (Å²) in [5, 5.41) is 10.6. The van der Waals surface area contributed by atoms with E-state index in [1.165, 1.54) is 0 Å². The highest BCUT2D eigenvalue weighted by atomic mass is 35.5. The number of carbonyl (C=O) groups is 1. The second-order valence-corrected chi connectivity index (χ2v) is 5.85. The van der Waals surface area contributed by atoms with Gasteiger partial charge in [-0.15, -0.1) is 12.4 Å². The first kappa shape index (κ1) is 17.5. The minimum atomic E-state index is -0.0336. The van der Waals surface area contributed by atoms with Gasteiger partial charge in [-0.25, -0.2) is 0 Å². The first-order chi connectivity index (χ1) is 10.6. The number of carbonyl (C=O) groups excluding carboxylic acids is 1. The maximum Gasteiger partial charge on any atom is 0.279 e. The summed E-state index contributed by atoms with van der Waals surface area (Å²) < 4.78 is 0. The SMILES string of the molecule is CCN(C(=O)c1n[nH]c2c1CNCC2)c1cc(C)cc(C)c1.Cl. The molecule has 0 radical (unpaired) electrons. The summed E-state index contributed by atoms with van der Waals surface area (Å²) in [7, 11) is 0. The van der Waals surface area contributed by atoms with Crippen molar-refractivity contribution in [2.24, 2.45) is 0 Å². The molecule has 1 aromatic heterocycles. The van der Waals surface area contributed by atoms with E-state index < -0.39 is 0 Å². The number of fused-ring (bicyclic) bond motifs is 1. The van der Waals surface area contributed by atoms with Crippen LogP contribution >= 0.6 is 12.4 Å². The van der Waals surface area contributed by atoms with Crippen LogP contribution in [0.3, 0.4) is 0 Å². The normalized spacial score (nSPS) is 13.2. The number of hydrogen-bond donors (Lipinski definition) is 2. The maximum absolute atomic E-state index is 12.9. The third kappa shape index (κ3) is 3.41. The van der Waals surface area contributed by atoms with E-state index in [0.717, 1.165) is 41.0 Å². The highest BCUT2D eigenvalue weighted by molar-refractivity contribution is 6.06. The molecule has 2 N–H and O–H groups in total. The fourth-order valence-electron chi connectivity index (χ4n) is 3.08. The van der Waals surface area contributed by atoms with Crippen LogP contribution in [-0.2, 0) is 13.0 Å². The molecule has 23 heavy (non-hydrogen) atoms. The molecule has 1 aromatic carbocycles. The molecule has 0 atom stereocenters. The maximum atomic E-state index is 12.9. The molecule has 0 saturated carbocycles. The molecule has 3 rings (SSSR count). The van der Waals surface area contributed by atoms with E-state index in [2.05, 4.69) is 35.4 Å². The van der Waals surface area contributed by atoms with Gasteiger partial charge in [0, 0.05) is 43.0 Å². The second kappa shape index (κ2) is 7.15. The third-order valence-electron chi connectivity index (χ3n) is 4.09. The Hall–Kier alpha value is -1.85. The van der Waals surface area contributed by atoms with E-state index in [1.807, 2.05) is 19.1 Å². The van der Waals surface area contributed by atoms with Gasteiger partial charge in [0.1, 0.15) is 0 Å². The average molecular weight is 335 g/mol. The summed E-state index contributed by atoms with van der Waals surface area (Å²) in [5.74, 6) is -0.0336. The first-order valence-corrected chi connectivity index (χ1v) is 7.77. The van der Waals surface area contributed by atoms with Crippen LogP contribution in [-0.4, -0.2) is 29.2 Å². The van der Waals surface area contributed by atoms with E-state index in [0.29, 0.717) is 18.8 Å². The van der Waals surface area contributed by atoms with Crippen molar-refractivity contribution in [2.75, 3.05) is 18.0 Å². The van der Waals surface area contributed by atoms with Crippen molar-refractivity contribution in [2.45, 2.75) is 33.7 Å². The first-order valence-electron chi connectivity index (χ1n) is 7.77. The van der Waals surface area contributed by atoms with Crippen molar-refractivity contribution in [1.82, 2.24) is 15.5 Å². The van der Waals surface area contributed by atoms with Crippen LogP contribution in [0.15, 0.2) is 18.2 Å². The Morgan fingerprint density at radius 2 is 1.96 bits per heavy atom. The standard InChI is InChI=1S/C17H22N4O.ClH/c1-4-21(13-8-11(2)7-12(3)9-13)17(22)16-14-10-18-6-5-15(14)19-20-16;/h7-9,18H,4-6,10H2,1-3H3,(H,19,20);1H. The second-order valence-electron chi connectivity index (χ2n) is 5.85. The number of nitrogens with zero attached hydrogens (tertiary/aromatic N) is 2. The van der Waals surface area contributed by atoms with Crippen LogP contribution in [0.2, 0.25) is 0 Å². The average Bonchev–Trinajstić information content (AvgIpc) is 2.90. The summed E-state index contributed by atoms with van der Waals surface area (Å²) >= 11 is 0. The molecule has 6 heteroatoms. The van der Waals surface area contributed by atoms with Gasteiger partial charge in [0.15, 0.2) is 5.69 Å². The minimum absolute atomic E-state index is 0. The van der Waals surface area contributed by atoms with Gasteiger partial charge in [-0.1, -0.05) is 6.07 Å². The van der Waals surface area contributed by atoms with E-state index in [-0.39, 0.29) is 18.3 Å². The van der Waals surface area contributed by atoms with Gasteiger partial charge < -0.3 is 10.2 Å². The molecule has 0 aliphatic carbocycles. The molecule has 2 aromatic rings. The monoisotopic (exact) mass is 334 g/mol. The van der Waals surface area contributed by atoms with Crippen molar-refractivity contribution in [3.63, 3.8) is 0 Å². The molecular formula is C17H23ClN4O. The van der Waals surface area contributed by atoms with Crippen molar-refractivity contribution in [3.8, 4) is 0 Å². The van der Waals surface area contributed by atoms with Crippen LogP contribution in [0.4, 0.5) is 5.69 Å². The Labute approximate surface area is 142 Å². The number of aryl methyl sites for hydroxylation is 2. The lowest BCUT2D eigenvalue weighted by Gasteiger charge is -2.22. The minimum Gasteiger partial charge on any atom is -0.312 e. The van der Waals surface area contributed by atoms with Gasteiger partial charge >= 0.3 is 0 Å². The lowest BCUT2D eigenvalue weighted by molar-refractivity contribution is 0.0982. The summed E-state index contributed by atoms with van der Waals surface area (Å²) in [6.07, 6.45) is 0.894. The molecule has 5 nitrogen and oxygen atoms in total. The highest BCUT2D eigenvalue weighted by Gasteiger charge is 2.25. The van der Waals surface area contributed by atoms with Crippen molar-refractivity contribution >= 4 is 24.0 Å².